The highest BCUT2D eigenvalue weighted by atomic mass is 79.9. The van der Waals surface area contributed by atoms with Crippen molar-refractivity contribution < 1.29 is 9.18 Å². The monoisotopic (exact) mass is 264 g/mol. The molecule has 0 N–H and O–H groups in total. The molecule has 1 rings (SSSR count). The standard InChI is InChI=1S/C9H7BrClFO/c10-7-4-6(2-1-3-13)5-8(11)9(7)12/h3-5H,1-2H2. The van der Waals surface area contributed by atoms with Crippen LogP contribution in [-0.4, -0.2) is 6.29 Å². The van der Waals surface area contributed by atoms with Crippen LogP contribution in [0.2, 0.25) is 5.02 Å². The first-order valence-corrected chi connectivity index (χ1v) is 4.89. The molecule has 0 radical (unpaired) electrons. The Bertz CT molecular complexity index is 304. The molecule has 1 aromatic rings. The lowest BCUT2D eigenvalue weighted by atomic mass is 10.1. The average molecular weight is 266 g/mol. The lowest BCUT2D eigenvalue weighted by Gasteiger charge is -2.02. The van der Waals surface area contributed by atoms with E-state index in [0.717, 1.165) is 11.8 Å². The van der Waals surface area contributed by atoms with Gasteiger partial charge in [0.2, 0.25) is 0 Å². The van der Waals surface area contributed by atoms with Crippen molar-refractivity contribution in [2.75, 3.05) is 0 Å². The van der Waals surface area contributed by atoms with Gasteiger partial charge in [0.1, 0.15) is 6.29 Å². The van der Waals surface area contributed by atoms with Crippen molar-refractivity contribution in [2.24, 2.45) is 0 Å². The van der Waals surface area contributed by atoms with Crippen LogP contribution in [0.5, 0.6) is 0 Å². The highest BCUT2D eigenvalue weighted by molar-refractivity contribution is 9.10. The first-order chi connectivity index (χ1) is 6.15. The number of aldehydes is 1. The fourth-order valence-electron chi connectivity index (χ4n) is 0.978. The zero-order chi connectivity index (χ0) is 9.84. The average Bonchev–Trinajstić information content (AvgIpc) is 2.10. The van der Waals surface area contributed by atoms with Crippen molar-refractivity contribution in [3.63, 3.8) is 0 Å². The molecule has 0 saturated heterocycles. The van der Waals surface area contributed by atoms with E-state index in [0.29, 0.717) is 17.3 Å². The van der Waals surface area contributed by atoms with Gasteiger partial charge in [-0.15, -0.1) is 0 Å². The second kappa shape index (κ2) is 4.72. The lowest BCUT2D eigenvalue weighted by molar-refractivity contribution is -0.107. The minimum Gasteiger partial charge on any atom is -0.303 e. The Morgan fingerprint density at radius 3 is 2.77 bits per heavy atom. The fraction of sp³-hybridized carbons (Fsp3) is 0.222. The molecule has 0 amide bonds. The van der Waals surface area contributed by atoms with E-state index in [-0.39, 0.29) is 5.02 Å². The van der Waals surface area contributed by atoms with E-state index in [2.05, 4.69) is 15.9 Å². The molecule has 0 bridgehead atoms. The Labute approximate surface area is 89.0 Å². The van der Waals surface area contributed by atoms with Crippen molar-refractivity contribution in [1.82, 2.24) is 0 Å². The highest BCUT2D eigenvalue weighted by Gasteiger charge is 2.06. The summed E-state index contributed by atoms with van der Waals surface area (Å²) >= 11 is 8.65. The van der Waals surface area contributed by atoms with Crippen LogP contribution < -0.4 is 0 Å². The number of carbonyl (C=O) groups is 1. The third-order valence-electron chi connectivity index (χ3n) is 1.59. The molecule has 0 fully saturated rings. The van der Waals surface area contributed by atoms with Gasteiger partial charge < -0.3 is 4.79 Å². The van der Waals surface area contributed by atoms with Crippen LogP contribution in [0.4, 0.5) is 4.39 Å². The largest absolute Gasteiger partial charge is 0.303 e. The number of rotatable bonds is 3. The molecule has 13 heavy (non-hydrogen) atoms. The van der Waals surface area contributed by atoms with E-state index in [1.54, 1.807) is 6.07 Å². The van der Waals surface area contributed by atoms with Crippen LogP contribution in [0.15, 0.2) is 16.6 Å². The van der Waals surface area contributed by atoms with Gasteiger partial charge in [0, 0.05) is 6.42 Å². The normalized spacial score (nSPS) is 10.1. The zero-order valence-corrected chi connectivity index (χ0v) is 9.03. The van der Waals surface area contributed by atoms with Gasteiger partial charge in [0.25, 0.3) is 0 Å². The summed E-state index contributed by atoms with van der Waals surface area (Å²) in [5, 5.41) is 0.0790. The molecule has 0 atom stereocenters. The van der Waals surface area contributed by atoms with Gasteiger partial charge in [-0.2, -0.15) is 0 Å². The van der Waals surface area contributed by atoms with Crippen LogP contribution >= 0.6 is 27.5 Å². The molecule has 70 valence electrons. The molecular formula is C9H7BrClFO. The van der Waals surface area contributed by atoms with Gasteiger partial charge in [-0.1, -0.05) is 11.6 Å². The Balaban J connectivity index is 2.92. The molecule has 4 heteroatoms. The summed E-state index contributed by atoms with van der Waals surface area (Å²) < 4.78 is 13.3. The second-order valence-corrected chi connectivity index (χ2v) is 3.84. The SMILES string of the molecule is O=CCCc1cc(Cl)c(F)c(Br)c1. The molecule has 0 aromatic heterocycles. The quantitative estimate of drug-likeness (QED) is 0.605. The molecular weight excluding hydrogens is 258 g/mol. The summed E-state index contributed by atoms with van der Waals surface area (Å²) in [5.74, 6) is -0.462. The number of aryl methyl sites for hydroxylation is 1. The number of hydrogen-bond donors (Lipinski definition) is 0. The number of hydrogen-bond acceptors (Lipinski definition) is 1. The van der Waals surface area contributed by atoms with Crippen molar-refractivity contribution in [3.8, 4) is 0 Å². The van der Waals surface area contributed by atoms with Crippen LogP contribution in [0.3, 0.4) is 0 Å². The summed E-state index contributed by atoms with van der Waals surface area (Å²) in [7, 11) is 0. The summed E-state index contributed by atoms with van der Waals surface area (Å²) in [4.78, 5) is 10.1. The van der Waals surface area contributed by atoms with Crippen LogP contribution in [-0.2, 0) is 11.2 Å². The van der Waals surface area contributed by atoms with Crippen molar-refractivity contribution in [2.45, 2.75) is 12.8 Å². The van der Waals surface area contributed by atoms with Crippen molar-refractivity contribution >= 4 is 33.8 Å². The second-order valence-electron chi connectivity index (χ2n) is 2.58. The van der Waals surface area contributed by atoms with E-state index in [4.69, 9.17) is 11.6 Å². The Hall–Kier alpha value is -0.410. The van der Waals surface area contributed by atoms with E-state index in [9.17, 15) is 9.18 Å². The van der Waals surface area contributed by atoms with Gasteiger partial charge in [-0.25, -0.2) is 4.39 Å². The zero-order valence-electron chi connectivity index (χ0n) is 6.69. The number of benzene rings is 1. The smallest absolute Gasteiger partial charge is 0.155 e. The van der Waals surface area contributed by atoms with Gasteiger partial charge in [0.05, 0.1) is 9.50 Å². The van der Waals surface area contributed by atoms with Gasteiger partial charge in [-0.3, -0.25) is 0 Å². The van der Waals surface area contributed by atoms with Crippen molar-refractivity contribution in [1.29, 1.82) is 0 Å². The maximum atomic E-state index is 13.0. The summed E-state index contributed by atoms with van der Waals surface area (Å²) in [6.07, 6.45) is 1.83. The third kappa shape index (κ3) is 2.78. The van der Waals surface area contributed by atoms with E-state index in [1.807, 2.05) is 0 Å². The molecule has 0 saturated carbocycles. The summed E-state index contributed by atoms with van der Waals surface area (Å²) in [5.41, 5.74) is 0.852. The maximum Gasteiger partial charge on any atom is 0.155 e. The highest BCUT2D eigenvalue weighted by Crippen LogP contribution is 2.25. The van der Waals surface area contributed by atoms with Gasteiger partial charge in [-0.05, 0) is 40.0 Å². The first kappa shape index (κ1) is 10.7. The molecule has 1 nitrogen and oxygen atoms in total. The Morgan fingerprint density at radius 1 is 1.54 bits per heavy atom. The number of carbonyl (C=O) groups excluding carboxylic acids is 1. The molecule has 0 spiro atoms. The third-order valence-corrected chi connectivity index (χ3v) is 2.45. The minimum absolute atomic E-state index is 0.0790. The van der Waals surface area contributed by atoms with Gasteiger partial charge in [0.15, 0.2) is 5.82 Å². The number of halogens is 3. The summed E-state index contributed by atoms with van der Waals surface area (Å²) in [6.45, 7) is 0. The molecule has 1 aromatic carbocycles. The predicted octanol–water partition coefficient (Wildman–Crippen LogP) is 3.37. The van der Waals surface area contributed by atoms with Crippen LogP contribution in [0, 0.1) is 5.82 Å². The molecule has 0 aliphatic rings. The minimum atomic E-state index is -0.462. The molecule has 0 unspecified atom stereocenters. The Kier molecular flexibility index (Phi) is 3.88. The summed E-state index contributed by atoms with van der Waals surface area (Å²) in [6, 6.07) is 3.16. The molecule has 0 aliphatic heterocycles. The van der Waals surface area contributed by atoms with E-state index in [1.165, 1.54) is 6.07 Å². The lowest BCUT2D eigenvalue weighted by Crippen LogP contribution is -1.89. The van der Waals surface area contributed by atoms with E-state index < -0.39 is 5.82 Å². The van der Waals surface area contributed by atoms with Crippen LogP contribution in [0.25, 0.3) is 0 Å². The first-order valence-electron chi connectivity index (χ1n) is 3.72. The van der Waals surface area contributed by atoms with Crippen molar-refractivity contribution in [3.05, 3.63) is 33.0 Å². The fourth-order valence-corrected chi connectivity index (χ4v) is 1.84. The topological polar surface area (TPSA) is 17.1 Å². The maximum absolute atomic E-state index is 13.0. The van der Waals surface area contributed by atoms with Crippen LogP contribution in [0.1, 0.15) is 12.0 Å². The molecule has 0 aliphatic carbocycles. The molecule has 0 heterocycles. The van der Waals surface area contributed by atoms with E-state index >= 15 is 0 Å². The van der Waals surface area contributed by atoms with Gasteiger partial charge >= 0.3 is 0 Å². The Morgan fingerprint density at radius 2 is 2.23 bits per heavy atom. The predicted molar refractivity (Wildman–Crippen MR) is 53.5 cm³/mol.